The van der Waals surface area contributed by atoms with E-state index in [9.17, 15) is 0 Å². The number of aromatic nitrogens is 2. The minimum atomic E-state index is 0. The van der Waals surface area contributed by atoms with Gasteiger partial charge >= 0.3 is 29.6 Å². The van der Waals surface area contributed by atoms with Crippen LogP contribution in [0.4, 0.5) is 0 Å². The fraction of sp³-hybridized carbons (Fsp3) is 0.571. The van der Waals surface area contributed by atoms with Crippen LogP contribution in [0.15, 0.2) is 6.20 Å². The van der Waals surface area contributed by atoms with E-state index in [1.165, 1.54) is 0 Å². The third kappa shape index (κ3) is 2.51. The van der Waals surface area contributed by atoms with E-state index in [0.717, 1.165) is 5.56 Å². The zero-order valence-corrected chi connectivity index (χ0v) is 6.50. The van der Waals surface area contributed by atoms with E-state index in [0.29, 0.717) is 6.04 Å². The van der Waals surface area contributed by atoms with Crippen molar-refractivity contribution in [2.45, 2.75) is 26.8 Å². The summed E-state index contributed by atoms with van der Waals surface area (Å²) in [6, 6.07) is 0.319. The maximum absolute atomic E-state index is 9.06. The molecule has 58 valence electrons. The summed E-state index contributed by atoms with van der Waals surface area (Å²) in [6.45, 7) is 5.87. The van der Waals surface area contributed by atoms with Gasteiger partial charge in [-0.1, -0.05) is 0 Å². The van der Waals surface area contributed by atoms with Crippen LogP contribution in [0.5, 0.6) is 5.88 Å². The van der Waals surface area contributed by atoms with Gasteiger partial charge in [0.2, 0.25) is 5.88 Å². The van der Waals surface area contributed by atoms with E-state index in [1.54, 1.807) is 4.68 Å². The number of hydrogen-bond acceptors (Lipinski definition) is 2. The van der Waals surface area contributed by atoms with Crippen molar-refractivity contribution in [3.05, 3.63) is 11.8 Å². The first kappa shape index (κ1) is 11.0. The summed E-state index contributed by atoms with van der Waals surface area (Å²) in [5, 5.41) is 12.9. The van der Waals surface area contributed by atoms with Gasteiger partial charge in [-0.2, -0.15) is 0 Å². The first-order valence-corrected chi connectivity index (χ1v) is 3.36. The summed E-state index contributed by atoms with van der Waals surface area (Å²) in [5.41, 5.74) is 0.828. The van der Waals surface area contributed by atoms with Gasteiger partial charge in [-0.3, -0.25) is 4.68 Å². The first-order valence-electron chi connectivity index (χ1n) is 3.36. The van der Waals surface area contributed by atoms with E-state index in [-0.39, 0.29) is 35.4 Å². The zero-order chi connectivity index (χ0) is 7.72. The predicted molar refractivity (Wildman–Crippen MR) is 46.2 cm³/mol. The van der Waals surface area contributed by atoms with Crippen molar-refractivity contribution in [2.24, 2.45) is 0 Å². The third-order valence-corrected chi connectivity index (χ3v) is 1.42. The van der Waals surface area contributed by atoms with Crippen LogP contribution in [0.1, 0.15) is 25.5 Å². The second-order valence-electron chi connectivity index (χ2n) is 2.71. The van der Waals surface area contributed by atoms with E-state index < -0.39 is 0 Å². The van der Waals surface area contributed by atoms with Gasteiger partial charge in [0.25, 0.3) is 0 Å². The van der Waals surface area contributed by atoms with E-state index >= 15 is 0 Å². The predicted octanol–water partition coefficient (Wildman–Crippen LogP) is 0.830. The summed E-state index contributed by atoms with van der Waals surface area (Å²) in [4.78, 5) is 0. The Kier molecular flexibility index (Phi) is 4.14. The molecule has 1 heterocycles. The quantitative estimate of drug-likeness (QED) is 0.624. The van der Waals surface area contributed by atoms with Gasteiger partial charge in [-0.05, 0) is 20.8 Å². The van der Waals surface area contributed by atoms with Crippen molar-refractivity contribution in [3.63, 3.8) is 0 Å². The molecule has 0 aliphatic rings. The average Bonchev–Trinajstić information content (AvgIpc) is 2.13. The van der Waals surface area contributed by atoms with Crippen LogP contribution in [0.25, 0.3) is 0 Å². The van der Waals surface area contributed by atoms with Gasteiger partial charge in [-0.25, -0.2) is 0 Å². The van der Waals surface area contributed by atoms with Crippen molar-refractivity contribution < 1.29 is 5.11 Å². The molecule has 1 N–H and O–H groups in total. The molecule has 0 aromatic carbocycles. The Morgan fingerprint density at radius 2 is 2.09 bits per heavy atom. The summed E-state index contributed by atoms with van der Waals surface area (Å²) >= 11 is 0. The van der Waals surface area contributed by atoms with Gasteiger partial charge in [0, 0.05) is 17.8 Å². The van der Waals surface area contributed by atoms with Crippen molar-refractivity contribution in [2.75, 3.05) is 0 Å². The molecule has 0 fully saturated rings. The molecular formula is C7H13N2NaO. The molecular weight excluding hydrogens is 151 g/mol. The minimum absolute atomic E-state index is 0. The van der Waals surface area contributed by atoms with E-state index in [2.05, 4.69) is 5.10 Å². The molecule has 4 heteroatoms. The Morgan fingerprint density at radius 3 is 2.27 bits per heavy atom. The Balaban J connectivity index is 0.000001000. The van der Waals surface area contributed by atoms with Gasteiger partial charge in [-0.15, -0.1) is 5.10 Å². The van der Waals surface area contributed by atoms with Gasteiger partial charge in [0.05, 0.1) is 0 Å². The normalized spacial score (nSPS) is 9.82. The van der Waals surface area contributed by atoms with Crippen LogP contribution in [-0.4, -0.2) is 44.4 Å². The van der Waals surface area contributed by atoms with Crippen LogP contribution in [0.2, 0.25) is 0 Å². The maximum atomic E-state index is 9.06. The van der Waals surface area contributed by atoms with Crippen LogP contribution >= 0.6 is 0 Å². The number of hydrogen-bond donors (Lipinski definition) is 1. The number of rotatable bonds is 1. The SMILES string of the molecule is Cc1cn(C(C)C)nc1O.[NaH]. The Labute approximate surface area is 88.7 Å². The Morgan fingerprint density at radius 1 is 1.55 bits per heavy atom. The Hall–Kier alpha value is 0.0100. The zero-order valence-electron chi connectivity index (χ0n) is 6.50. The van der Waals surface area contributed by atoms with Gasteiger partial charge < -0.3 is 5.11 Å². The fourth-order valence-electron chi connectivity index (χ4n) is 0.738. The third-order valence-electron chi connectivity index (χ3n) is 1.42. The number of nitrogens with zero attached hydrogens (tertiary/aromatic N) is 2. The molecule has 1 rings (SSSR count). The molecule has 1 aromatic heterocycles. The molecule has 0 amide bonds. The molecule has 0 radical (unpaired) electrons. The van der Waals surface area contributed by atoms with Gasteiger partial charge in [0.15, 0.2) is 0 Å². The Bertz CT molecular complexity index is 213. The molecule has 0 unspecified atom stereocenters. The topological polar surface area (TPSA) is 38.0 Å². The second kappa shape index (κ2) is 4.14. The monoisotopic (exact) mass is 164 g/mol. The first-order chi connectivity index (χ1) is 4.61. The molecule has 3 nitrogen and oxygen atoms in total. The standard InChI is InChI=1S/C7H12N2O.Na.H/c1-5(2)9-4-6(3)7(10)8-9;;/h4-5H,1-3H3,(H,8,10);;. The van der Waals surface area contributed by atoms with Crippen molar-refractivity contribution in [1.29, 1.82) is 0 Å². The van der Waals surface area contributed by atoms with Crippen LogP contribution in [-0.2, 0) is 0 Å². The molecule has 11 heavy (non-hydrogen) atoms. The van der Waals surface area contributed by atoms with Crippen molar-refractivity contribution in [1.82, 2.24) is 9.78 Å². The molecule has 0 saturated carbocycles. The molecule has 0 aliphatic heterocycles. The molecule has 0 atom stereocenters. The van der Waals surface area contributed by atoms with Crippen molar-refractivity contribution in [3.8, 4) is 5.88 Å². The van der Waals surface area contributed by atoms with E-state index in [1.807, 2.05) is 27.0 Å². The van der Waals surface area contributed by atoms with Gasteiger partial charge in [0.1, 0.15) is 0 Å². The molecule has 1 aromatic rings. The molecule has 0 bridgehead atoms. The van der Waals surface area contributed by atoms with Crippen molar-refractivity contribution >= 4 is 29.6 Å². The molecule has 0 aliphatic carbocycles. The summed E-state index contributed by atoms with van der Waals surface area (Å²) in [5.74, 6) is 0.133. The molecule has 0 spiro atoms. The number of aromatic hydroxyl groups is 1. The van der Waals surface area contributed by atoms with Crippen LogP contribution in [0.3, 0.4) is 0 Å². The summed E-state index contributed by atoms with van der Waals surface area (Å²) < 4.78 is 1.74. The molecule has 0 saturated heterocycles. The van der Waals surface area contributed by atoms with E-state index in [4.69, 9.17) is 5.11 Å². The van der Waals surface area contributed by atoms with Crippen LogP contribution in [0, 0.1) is 6.92 Å². The van der Waals surface area contributed by atoms with Crippen LogP contribution < -0.4 is 0 Å². The number of aryl methyl sites for hydroxylation is 1. The summed E-state index contributed by atoms with van der Waals surface area (Å²) in [6.07, 6.45) is 1.83. The average molecular weight is 164 g/mol. The second-order valence-corrected chi connectivity index (χ2v) is 2.71. The fourth-order valence-corrected chi connectivity index (χ4v) is 0.738. The summed E-state index contributed by atoms with van der Waals surface area (Å²) in [7, 11) is 0.